The third kappa shape index (κ3) is 4.94. The van der Waals surface area contributed by atoms with Gasteiger partial charge in [0.1, 0.15) is 0 Å². The van der Waals surface area contributed by atoms with E-state index in [9.17, 15) is 34.8 Å². The molecule has 1 N–H and O–H groups in total. The van der Waals surface area contributed by atoms with Gasteiger partial charge in [0, 0.05) is 0 Å². The molecule has 0 aromatic rings. The summed E-state index contributed by atoms with van der Waals surface area (Å²) in [5, 5.41) is 0. The molecule has 1 aliphatic heterocycles. The monoisotopic (exact) mass is 382 g/mol. The predicted octanol–water partition coefficient (Wildman–Crippen LogP) is -1.28. The highest BCUT2D eigenvalue weighted by Gasteiger charge is 2.57. The average molecular weight is 382 g/mol. The zero-order valence-corrected chi connectivity index (χ0v) is 12.7. The molecule has 1 heterocycles. The predicted molar refractivity (Wildman–Crippen MR) is 58.9 cm³/mol. The Kier molecular flexibility index (Phi) is 6.28. The highest BCUT2D eigenvalue weighted by Crippen LogP contribution is 2.27. The first-order chi connectivity index (χ1) is 9.43. The van der Waals surface area contributed by atoms with Crippen LogP contribution in [-0.2, 0) is 20.0 Å². The lowest BCUT2D eigenvalue weighted by atomic mass is 10.6. The number of hydrogen-bond donors (Lipinski definition) is 1. The van der Waals surface area contributed by atoms with Crippen molar-refractivity contribution in [2.24, 2.45) is 0 Å². The van der Waals surface area contributed by atoms with Gasteiger partial charge in [0.2, 0.25) is 0 Å². The van der Waals surface area contributed by atoms with Crippen LogP contribution in [0.3, 0.4) is 0 Å². The van der Waals surface area contributed by atoms with Crippen LogP contribution in [0.5, 0.6) is 0 Å². The highest BCUT2D eigenvalue weighted by molar-refractivity contribution is 7.92. The van der Waals surface area contributed by atoms with Crippen LogP contribution in [0.15, 0.2) is 0 Å². The van der Waals surface area contributed by atoms with Gasteiger partial charge in [-0.05, 0) is 7.05 Å². The van der Waals surface area contributed by atoms with Crippen LogP contribution in [0.2, 0.25) is 0 Å². The minimum absolute atomic E-state index is 0.352. The maximum absolute atomic E-state index is 12.2. The molecule has 15 heteroatoms. The van der Waals surface area contributed by atoms with Gasteiger partial charge in [-0.15, -0.1) is 0 Å². The number of hydrogen-bond acceptors (Lipinski definition) is 6. The average Bonchev–Trinajstić information content (AvgIpc) is 2.54. The molecule has 1 saturated heterocycles. The standard InChI is InChI=1S/C6H11F3N2O2S.CHF3O3S/c1-10-3-4-11(2)5(10)14(12,13)6(7,8)9;2-1(3,4)8(5,6)7/h5H,3-4H2,1-2H3;(H,5,6,7). The second-order valence-electron chi connectivity index (χ2n) is 4.32. The number of halogens is 6. The Balaban J connectivity index is 0.000000472. The minimum Gasteiger partial charge on any atom is -0.741 e. The summed E-state index contributed by atoms with van der Waals surface area (Å²) < 4.78 is 118. The van der Waals surface area contributed by atoms with Crippen LogP contribution in [-0.4, -0.2) is 70.0 Å². The van der Waals surface area contributed by atoms with Crippen molar-refractivity contribution < 1.29 is 52.6 Å². The number of nitrogens with zero attached hydrogens (tertiary/aromatic N) is 1. The molecule has 0 aromatic carbocycles. The number of sulfone groups is 1. The smallest absolute Gasteiger partial charge is 0.504 e. The van der Waals surface area contributed by atoms with E-state index in [0.29, 0.717) is 18.0 Å². The molecule has 2 atom stereocenters. The van der Waals surface area contributed by atoms with Gasteiger partial charge in [-0.1, -0.05) is 0 Å². The Labute approximate surface area is 122 Å². The molecule has 1 rings (SSSR count). The van der Waals surface area contributed by atoms with Crippen molar-refractivity contribution in [1.29, 1.82) is 0 Å². The van der Waals surface area contributed by atoms with Crippen molar-refractivity contribution >= 4 is 20.0 Å². The minimum atomic E-state index is -6.09. The van der Waals surface area contributed by atoms with Crippen LogP contribution < -0.4 is 4.90 Å². The summed E-state index contributed by atoms with van der Waals surface area (Å²) >= 11 is 0. The lowest BCUT2D eigenvalue weighted by Crippen LogP contribution is -3.13. The molecule has 0 radical (unpaired) electrons. The number of likely N-dealkylation sites (N-methyl/N-ethyl adjacent to an activating group) is 2. The summed E-state index contributed by atoms with van der Waals surface area (Å²) in [4.78, 5) is 1.56. The molecule has 0 amide bonds. The zero-order chi connectivity index (χ0) is 18.1. The van der Waals surface area contributed by atoms with Crippen molar-refractivity contribution in [3.63, 3.8) is 0 Å². The van der Waals surface area contributed by atoms with Crippen LogP contribution in [0, 0.1) is 0 Å². The molecule has 2 unspecified atom stereocenters. The number of alkyl halides is 6. The van der Waals surface area contributed by atoms with Crippen molar-refractivity contribution in [2.45, 2.75) is 16.5 Å². The van der Waals surface area contributed by atoms with E-state index in [1.165, 1.54) is 19.0 Å². The fourth-order valence-corrected chi connectivity index (χ4v) is 3.08. The molecule has 0 aliphatic carbocycles. The second-order valence-corrected chi connectivity index (χ2v) is 7.69. The van der Waals surface area contributed by atoms with E-state index in [2.05, 4.69) is 0 Å². The van der Waals surface area contributed by atoms with Gasteiger partial charge in [0.25, 0.3) is 5.50 Å². The fourth-order valence-electron chi connectivity index (χ4n) is 1.60. The van der Waals surface area contributed by atoms with Gasteiger partial charge in [-0.25, -0.2) is 21.7 Å². The normalized spacial score (nSPS) is 24.8. The quantitative estimate of drug-likeness (QED) is 0.345. The zero-order valence-electron chi connectivity index (χ0n) is 11.1. The largest absolute Gasteiger partial charge is 0.741 e. The fraction of sp³-hybridized carbons (Fsp3) is 1.00. The maximum atomic E-state index is 12.2. The first kappa shape index (κ1) is 21.4. The molecule has 0 spiro atoms. The molecule has 0 saturated carbocycles. The summed E-state index contributed by atoms with van der Waals surface area (Å²) in [6, 6.07) is 0. The molecule has 0 bridgehead atoms. The lowest BCUT2D eigenvalue weighted by Gasteiger charge is -2.22. The molecule has 22 heavy (non-hydrogen) atoms. The molecular formula is C7H12F6N2O5S2. The Hall–Kier alpha value is -0.640. The third-order valence-electron chi connectivity index (χ3n) is 2.58. The van der Waals surface area contributed by atoms with Gasteiger partial charge < -0.3 is 9.45 Å². The van der Waals surface area contributed by atoms with E-state index in [1.807, 2.05) is 0 Å². The van der Waals surface area contributed by atoms with Crippen LogP contribution in [0.4, 0.5) is 26.3 Å². The highest BCUT2D eigenvalue weighted by atomic mass is 32.2. The van der Waals surface area contributed by atoms with E-state index in [-0.39, 0.29) is 0 Å². The van der Waals surface area contributed by atoms with Crippen molar-refractivity contribution in [3.8, 4) is 0 Å². The molecule has 1 aliphatic rings. The number of quaternary nitrogens is 1. The van der Waals surface area contributed by atoms with Gasteiger partial charge in [-0.2, -0.15) is 26.3 Å². The van der Waals surface area contributed by atoms with Crippen molar-refractivity contribution in [3.05, 3.63) is 0 Å². The Bertz CT molecular complexity index is 573. The van der Waals surface area contributed by atoms with Gasteiger partial charge in [0.05, 0.1) is 20.1 Å². The first-order valence-corrected chi connectivity index (χ1v) is 8.23. The molecule has 0 aromatic heterocycles. The van der Waals surface area contributed by atoms with Crippen molar-refractivity contribution in [2.75, 3.05) is 27.2 Å². The summed E-state index contributed by atoms with van der Waals surface area (Å²) in [7, 11) is -8.35. The van der Waals surface area contributed by atoms with E-state index < -0.39 is 36.5 Å². The summed E-state index contributed by atoms with van der Waals surface area (Å²) in [5.41, 5.74) is -12.3. The van der Waals surface area contributed by atoms with Gasteiger partial charge >= 0.3 is 20.9 Å². The Morgan fingerprint density at radius 1 is 1.05 bits per heavy atom. The van der Waals surface area contributed by atoms with Crippen molar-refractivity contribution in [1.82, 2.24) is 4.90 Å². The Morgan fingerprint density at radius 2 is 1.41 bits per heavy atom. The Morgan fingerprint density at radius 3 is 1.59 bits per heavy atom. The molecule has 7 nitrogen and oxygen atoms in total. The first-order valence-electron chi connectivity index (χ1n) is 5.28. The van der Waals surface area contributed by atoms with E-state index in [4.69, 9.17) is 13.0 Å². The van der Waals surface area contributed by atoms with Crippen LogP contribution >= 0.6 is 0 Å². The SMILES string of the molecule is CN1CC[NH+](C)C1S(=O)(=O)C(F)(F)F.O=S(=O)([O-])C(F)(F)F. The van der Waals surface area contributed by atoms with Gasteiger partial charge in [-0.3, -0.25) is 0 Å². The summed E-state index contributed by atoms with van der Waals surface area (Å²) in [5.74, 6) is 0. The third-order valence-corrected chi connectivity index (χ3v) is 5.14. The molecule has 134 valence electrons. The second kappa shape index (κ2) is 6.46. The topological polar surface area (TPSA) is 99.0 Å². The van der Waals surface area contributed by atoms with E-state index >= 15 is 0 Å². The van der Waals surface area contributed by atoms with Gasteiger partial charge in [0.15, 0.2) is 10.1 Å². The number of nitrogens with one attached hydrogen (secondary N) is 1. The molecular weight excluding hydrogens is 370 g/mol. The molecule has 1 fully saturated rings. The van der Waals surface area contributed by atoms with E-state index in [1.54, 1.807) is 0 Å². The lowest BCUT2D eigenvalue weighted by molar-refractivity contribution is -0.883. The number of rotatable bonds is 1. The van der Waals surface area contributed by atoms with Crippen LogP contribution in [0.1, 0.15) is 0 Å². The van der Waals surface area contributed by atoms with E-state index in [0.717, 1.165) is 0 Å². The maximum Gasteiger partial charge on any atom is 0.504 e. The summed E-state index contributed by atoms with van der Waals surface area (Å²) in [6.45, 7) is 0.752. The van der Waals surface area contributed by atoms with Crippen LogP contribution in [0.25, 0.3) is 0 Å². The summed E-state index contributed by atoms with van der Waals surface area (Å²) in [6.07, 6.45) is 0.